The van der Waals surface area contributed by atoms with Crippen molar-refractivity contribution < 1.29 is 39.2 Å². The van der Waals surface area contributed by atoms with Crippen LogP contribution in [0.25, 0.3) is 0 Å². The Kier molecular flexibility index (Phi) is 9.94. The normalized spacial score (nSPS) is 36.8. The summed E-state index contributed by atoms with van der Waals surface area (Å²) in [7, 11) is 0. The molecule has 0 aromatic heterocycles. The molecule has 2 heterocycles. The molecule has 3 N–H and O–H groups in total. The second-order valence-electron chi connectivity index (χ2n) is 11.2. The van der Waals surface area contributed by atoms with Crippen LogP contribution in [0.3, 0.4) is 0 Å². The van der Waals surface area contributed by atoms with Gasteiger partial charge in [0.2, 0.25) is 5.79 Å². The summed E-state index contributed by atoms with van der Waals surface area (Å²) in [6, 6.07) is -0.862. The number of aliphatic hydroxyl groups excluding tert-OH is 2. The van der Waals surface area contributed by atoms with Gasteiger partial charge in [-0.1, -0.05) is 27.7 Å². The molecule has 36 heavy (non-hydrogen) atoms. The number of nitrogens with zero attached hydrogens (tertiary/aromatic N) is 1. The molecular weight excluding hydrogens is 466 g/mol. The average Bonchev–Trinajstić information content (AvgIpc) is 3.35. The van der Waals surface area contributed by atoms with Crippen LogP contribution in [0.4, 0.5) is 0 Å². The number of amides is 1. The fourth-order valence-electron chi connectivity index (χ4n) is 6.10. The lowest BCUT2D eigenvalue weighted by Crippen LogP contribution is -2.59. The molecular formula is C27H45NO8. The maximum absolute atomic E-state index is 13.2. The number of carbonyl (C=O) groups excluding carboxylic acids is 3. The molecule has 0 spiro atoms. The topological polar surface area (TPSA) is 134 Å². The minimum atomic E-state index is -2.17. The summed E-state index contributed by atoms with van der Waals surface area (Å²) in [4.78, 5) is 40.8. The predicted molar refractivity (Wildman–Crippen MR) is 132 cm³/mol. The summed E-state index contributed by atoms with van der Waals surface area (Å²) in [6.07, 6.45) is 4.16. The van der Waals surface area contributed by atoms with E-state index < -0.39 is 47.6 Å². The first kappa shape index (κ1) is 29.0. The van der Waals surface area contributed by atoms with Crippen molar-refractivity contribution in [3.8, 4) is 0 Å². The van der Waals surface area contributed by atoms with Crippen LogP contribution in [0.15, 0.2) is 0 Å². The van der Waals surface area contributed by atoms with Crippen LogP contribution in [-0.2, 0) is 23.9 Å². The van der Waals surface area contributed by atoms with Crippen molar-refractivity contribution in [1.82, 2.24) is 4.90 Å². The maximum atomic E-state index is 13.2. The van der Waals surface area contributed by atoms with E-state index in [1.807, 2.05) is 20.8 Å². The highest BCUT2D eigenvalue weighted by Crippen LogP contribution is 2.36. The highest BCUT2D eigenvalue weighted by molar-refractivity contribution is 6.39. The van der Waals surface area contributed by atoms with Crippen molar-refractivity contribution in [3.05, 3.63) is 0 Å². The lowest BCUT2D eigenvalue weighted by molar-refractivity contribution is -0.262. The fourth-order valence-corrected chi connectivity index (χ4v) is 6.10. The number of Topliss-reactive ketones (excluding diaryl/α,β-unsaturated/α-hetero) is 1. The van der Waals surface area contributed by atoms with Gasteiger partial charge in [0.05, 0.1) is 18.3 Å². The molecule has 206 valence electrons. The molecule has 9 nitrogen and oxygen atoms in total. The zero-order valence-electron chi connectivity index (χ0n) is 22.2. The van der Waals surface area contributed by atoms with Crippen molar-refractivity contribution in [3.63, 3.8) is 0 Å². The van der Waals surface area contributed by atoms with Gasteiger partial charge in [-0.25, -0.2) is 4.79 Å². The van der Waals surface area contributed by atoms with Crippen molar-refractivity contribution >= 4 is 17.7 Å². The minimum absolute atomic E-state index is 0.0433. The molecule has 1 saturated carbocycles. The number of carbonyl (C=O) groups is 3. The van der Waals surface area contributed by atoms with E-state index in [1.54, 1.807) is 6.92 Å². The van der Waals surface area contributed by atoms with Gasteiger partial charge in [-0.3, -0.25) is 9.59 Å². The van der Waals surface area contributed by atoms with E-state index in [0.717, 1.165) is 19.3 Å². The number of rotatable bonds is 9. The third-order valence-corrected chi connectivity index (χ3v) is 8.60. The van der Waals surface area contributed by atoms with Gasteiger partial charge in [-0.2, -0.15) is 0 Å². The van der Waals surface area contributed by atoms with Crippen LogP contribution in [0.2, 0.25) is 0 Å². The highest BCUT2D eigenvalue weighted by Gasteiger charge is 2.52. The molecule has 1 amide bonds. The number of ether oxygens (including phenoxy) is 2. The monoisotopic (exact) mass is 511 g/mol. The molecule has 3 aliphatic rings. The van der Waals surface area contributed by atoms with Gasteiger partial charge in [0.1, 0.15) is 12.1 Å². The van der Waals surface area contributed by atoms with E-state index in [2.05, 4.69) is 0 Å². The average molecular weight is 512 g/mol. The Hall–Kier alpha value is -1.55. The zero-order valence-corrected chi connectivity index (χ0v) is 22.2. The van der Waals surface area contributed by atoms with E-state index in [0.29, 0.717) is 44.9 Å². The van der Waals surface area contributed by atoms with Crippen molar-refractivity contribution in [2.24, 2.45) is 17.8 Å². The summed E-state index contributed by atoms with van der Waals surface area (Å²) in [5.74, 6) is -4.83. The lowest BCUT2D eigenvalue weighted by atomic mass is 9.79. The molecule has 0 radical (unpaired) electrons. The standard InChI is InChI=1S/C27H45NO8/c1-5-19-11-9-17(4)27(34,36-19)24(31)25(32)28-13-7-8-20(28)26(33)35-23(6-2)16(3)14-18-10-12-21(29)22(30)15-18/h16-23,29-30,34H,5-15H2,1-4H3/t16-,17-,18+,19?,20+,21-,22-,23+,27-/m1/s1. The van der Waals surface area contributed by atoms with E-state index in [-0.39, 0.29) is 30.6 Å². The van der Waals surface area contributed by atoms with E-state index in [1.165, 1.54) is 4.90 Å². The molecule has 3 rings (SSSR count). The van der Waals surface area contributed by atoms with Crippen molar-refractivity contribution in [2.75, 3.05) is 6.54 Å². The third kappa shape index (κ3) is 6.29. The lowest BCUT2D eigenvalue weighted by Gasteiger charge is -2.40. The number of hydrogen-bond acceptors (Lipinski definition) is 8. The summed E-state index contributed by atoms with van der Waals surface area (Å²) >= 11 is 0. The molecule has 0 bridgehead atoms. The van der Waals surface area contributed by atoms with Crippen LogP contribution in [0.1, 0.15) is 91.9 Å². The van der Waals surface area contributed by atoms with Gasteiger partial charge >= 0.3 is 5.97 Å². The molecule has 1 aliphatic carbocycles. The quantitative estimate of drug-likeness (QED) is 0.317. The Bertz CT molecular complexity index is 790. The third-order valence-electron chi connectivity index (χ3n) is 8.60. The van der Waals surface area contributed by atoms with Gasteiger partial charge in [0, 0.05) is 12.5 Å². The zero-order chi connectivity index (χ0) is 26.6. The number of likely N-dealkylation sites (tertiary alicyclic amines) is 1. The number of hydrogen-bond donors (Lipinski definition) is 3. The number of ketones is 1. The van der Waals surface area contributed by atoms with Crippen LogP contribution in [0, 0.1) is 17.8 Å². The van der Waals surface area contributed by atoms with Crippen LogP contribution >= 0.6 is 0 Å². The smallest absolute Gasteiger partial charge is 0.329 e. The molecule has 3 fully saturated rings. The van der Waals surface area contributed by atoms with Gasteiger partial charge < -0.3 is 29.7 Å². The molecule has 0 aromatic rings. The first-order valence-electron chi connectivity index (χ1n) is 13.8. The first-order chi connectivity index (χ1) is 17.0. The molecule has 2 aliphatic heterocycles. The Labute approximate surface area is 214 Å². The van der Waals surface area contributed by atoms with Gasteiger partial charge in [-0.05, 0) is 76.0 Å². The van der Waals surface area contributed by atoms with Crippen LogP contribution in [0.5, 0.6) is 0 Å². The van der Waals surface area contributed by atoms with Gasteiger partial charge in [0.25, 0.3) is 11.7 Å². The van der Waals surface area contributed by atoms with Crippen molar-refractivity contribution in [2.45, 2.75) is 128 Å². The second kappa shape index (κ2) is 12.3. The van der Waals surface area contributed by atoms with E-state index >= 15 is 0 Å². The summed E-state index contributed by atoms with van der Waals surface area (Å²) < 4.78 is 11.6. The van der Waals surface area contributed by atoms with E-state index in [9.17, 15) is 29.7 Å². The molecule has 2 saturated heterocycles. The fraction of sp³-hybridized carbons (Fsp3) is 0.889. The predicted octanol–water partition coefficient (Wildman–Crippen LogP) is 2.33. The van der Waals surface area contributed by atoms with Gasteiger partial charge in [-0.15, -0.1) is 0 Å². The SMILES string of the molecule is CCC1CC[C@@H](C)[C@](O)(C(=O)C(=O)N2CCC[C@H]2C(=O)O[C@@H](CC)[C@H](C)C[C@@H]2CC[C@@H](O)[C@H](O)C2)O1. The maximum Gasteiger partial charge on any atom is 0.329 e. The van der Waals surface area contributed by atoms with Gasteiger partial charge in [0.15, 0.2) is 0 Å². The van der Waals surface area contributed by atoms with Crippen LogP contribution in [-0.4, -0.2) is 80.7 Å². The highest BCUT2D eigenvalue weighted by atomic mass is 16.6. The Morgan fingerprint density at radius 1 is 1.08 bits per heavy atom. The van der Waals surface area contributed by atoms with E-state index in [4.69, 9.17) is 9.47 Å². The largest absolute Gasteiger partial charge is 0.461 e. The Morgan fingerprint density at radius 2 is 1.81 bits per heavy atom. The van der Waals surface area contributed by atoms with Crippen LogP contribution < -0.4 is 0 Å². The molecule has 1 unspecified atom stereocenters. The second-order valence-corrected chi connectivity index (χ2v) is 11.2. The molecule has 0 aromatic carbocycles. The summed E-state index contributed by atoms with van der Waals surface area (Å²) in [5.41, 5.74) is 0. The number of esters is 1. The van der Waals surface area contributed by atoms with Crippen molar-refractivity contribution in [1.29, 1.82) is 0 Å². The number of aliphatic hydroxyl groups is 3. The summed E-state index contributed by atoms with van der Waals surface area (Å²) in [6.45, 7) is 7.81. The summed E-state index contributed by atoms with van der Waals surface area (Å²) in [5, 5.41) is 30.8. The Balaban J connectivity index is 1.62. The molecule has 9 heteroatoms. The minimum Gasteiger partial charge on any atom is -0.461 e. The molecule has 9 atom stereocenters. The first-order valence-corrected chi connectivity index (χ1v) is 13.8. The Morgan fingerprint density at radius 3 is 2.44 bits per heavy atom.